The molecule has 0 spiro atoms. The smallest absolute Gasteiger partial charge is 0.320 e. The molecule has 110 valence electrons. The zero-order chi connectivity index (χ0) is 15.2. The van der Waals surface area contributed by atoms with Crippen LogP contribution in [0.3, 0.4) is 0 Å². The van der Waals surface area contributed by atoms with Crippen molar-refractivity contribution in [2.75, 3.05) is 19.6 Å². The molecular formula is C14H26N2O3. The van der Waals surface area contributed by atoms with E-state index in [0.717, 1.165) is 5.57 Å². The normalized spacial score (nSPS) is 11.0. The molecule has 0 aliphatic rings. The Labute approximate surface area is 115 Å². The van der Waals surface area contributed by atoms with Crippen LogP contribution in [0.2, 0.25) is 0 Å². The van der Waals surface area contributed by atoms with E-state index in [1.165, 1.54) is 0 Å². The molecule has 0 saturated heterocycles. The summed E-state index contributed by atoms with van der Waals surface area (Å²) < 4.78 is 0. The Balaban J connectivity index is 4.97. The summed E-state index contributed by atoms with van der Waals surface area (Å²) in [6.45, 7) is 14.6. The lowest BCUT2D eigenvalue weighted by Crippen LogP contribution is -2.52. The van der Waals surface area contributed by atoms with Crippen LogP contribution in [0.1, 0.15) is 41.0 Å². The van der Waals surface area contributed by atoms with Gasteiger partial charge in [-0.25, -0.2) is 4.79 Å². The van der Waals surface area contributed by atoms with Crippen LogP contribution < -0.4 is 0 Å². The maximum Gasteiger partial charge on any atom is 0.320 e. The van der Waals surface area contributed by atoms with E-state index in [2.05, 4.69) is 6.58 Å². The Morgan fingerprint density at radius 3 is 2.11 bits per heavy atom. The van der Waals surface area contributed by atoms with Gasteiger partial charge in [0.25, 0.3) is 0 Å². The molecule has 5 heteroatoms. The lowest BCUT2D eigenvalue weighted by molar-refractivity contribution is -0.137. The minimum absolute atomic E-state index is 0.0480. The van der Waals surface area contributed by atoms with E-state index in [4.69, 9.17) is 5.11 Å². The number of likely N-dealkylation sites (N-methyl/N-ethyl adjacent to an activating group) is 1. The number of nitrogens with zero attached hydrogens (tertiary/aromatic N) is 2. The predicted octanol–water partition coefficient (Wildman–Crippen LogP) is 2.58. The first-order valence-electron chi connectivity index (χ1n) is 6.52. The predicted molar refractivity (Wildman–Crippen MR) is 76.2 cm³/mol. The second-order valence-electron chi connectivity index (χ2n) is 5.72. The van der Waals surface area contributed by atoms with E-state index in [0.29, 0.717) is 13.1 Å². The first-order valence-corrected chi connectivity index (χ1v) is 6.52. The molecule has 0 unspecified atom stereocenters. The summed E-state index contributed by atoms with van der Waals surface area (Å²) in [6, 6.07) is -0.140. The van der Waals surface area contributed by atoms with Gasteiger partial charge in [0.1, 0.15) is 0 Å². The van der Waals surface area contributed by atoms with E-state index in [9.17, 15) is 9.59 Å². The van der Waals surface area contributed by atoms with E-state index < -0.39 is 11.5 Å². The molecule has 0 rings (SSSR count). The minimum atomic E-state index is -0.898. The van der Waals surface area contributed by atoms with E-state index in [1.807, 2.05) is 34.6 Å². The van der Waals surface area contributed by atoms with Gasteiger partial charge in [-0.1, -0.05) is 12.2 Å². The van der Waals surface area contributed by atoms with Gasteiger partial charge >= 0.3 is 12.0 Å². The summed E-state index contributed by atoms with van der Waals surface area (Å²) in [5.41, 5.74) is 0.497. The van der Waals surface area contributed by atoms with Gasteiger partial charge in [0, 0.05) is 25.2 Å². The molecule has 5 nitrogen and oxygen atoms in total. The standard InChI is InChI=1S/C14H26N2O3/c1-7-15(10-11(2)3)13(19)16(14(4,5)6)9-8-12(17)18/h2,7-10H2,1,3-6H3,(H,17,18). The van der Waals surface area contributed by atoms with Gasteiger partial charge in [-0.2, -0.15) is 0 Å². The van der Waals surface area contributed by atoms with Crippen molar-refractivity contribution < 1.29 is 14.7 Å². The van der Waals surface area contributed by atoms with Crippen LogP contribution in [0.25, 0.3) is 0 Å². The number of urea groups is 1. The van der Waals surface area contributed by atoms with Crippen molar-refractivity contribution >= 4 is 12.0 Å². The minimum Gasteiger partial charge on any atom is -0.481 e. The van der Waals surface area contributed by atoms with Gasteiger partial charge in [-0.15, -0.1) is 0 Å². The van der Waals surface area contributed by atoms with Crippen LogP contribution in [0.5, 0.6) is 0 Å². The molecule has 0 saturated carbocycles. The fraction of sp³-hybridized carbons (Fsp3) is 0.714. The molecule has 0 aromatic carbocycles. The number of rotatable bonds is 6. The summed E-state index contributed by atoms with van der Waals surface area (Å²) in [5, 5.41) is 8.79. The molecule has 0 bridgehead atoms. The van der Waals surface area contributed by atoms with E-state index in [1.54, 1.807) is 9.80 Å². The van der Waals surface area contributed by atoms with Gasteiger partial charge in [-0.3, -0.25) is 4.79 Å². The molecule has 1 N–H and O–H groups in total. The number of aliphatic carboxylic acids is 1. The number of carbonyl (C=O) groups is 2. The number of amides is 2. The topological polar surface area (TPSA) is 60.9 Å². The summed E-state index contributed by atoms with van der Waals surface area (Å²) in [4.78, 5) is 26.5. The lowest BCUT2D eigenvalue weighted by atomic mass is 10.1. The second kappa shape index (κ2) is 7.16. The number of carboxylic acids is 1. The van der Waals surface area contributed by atoms with E-state index >= 15 is 0 Å². The number of carboxylic acid groups (broad SMARTS) is 1. The molecule has 2 amide bonds. The van der Waals surface area contributed by atoms with Gasteiger partial charge in [0.15, 0.2) is 0 Å². The Morgan fingerprint density at radius 1 is 1.26 bits per heavy atom. The van der Waals surface area contributed by atoms with Gasteiger partial charge in [-0.05, 0) is 34.6 Å². The van der Waals surface area contributed by atoms with Crippen molar-refractivity contribution in [2.45, 2.75) is 46.6 Å². The van der Waals surface area contributed by atoms with Crippen molar-refractivity contribution in [3.63, 3.8) is 0 Å². The van der Waals surface area contributed by atoms with Crippen LogP contribution in [-0.4, -0.2) is 52.1 Å². The Hall–Kier alpha value is -1.52. The Kier molecular flexibility index (Phi) is 6.59. The Bertz CT molecular complexity index is 345. The average molecular weight is 270 g/mol. The largest absolute Gasteiger partial charge is 0.481 e. The summed E-state index contributed by atoms with van der Waals surface area (Å²) in [7, 11) is 0. The monoisotopic (exact) mass is 270 g/mol. The summed E-state index contributed by atoms with van der Waals surface area (Å²) in [5.74, 6) is -0.898. The van der Waals surface area contributed by atoms with Crippen LogP contribution >= 0.6 is 0 Å². The zero-order valence-corrected chi connectivity index (χ0v) is 12.7. The molecule has 0 aromatic rings. The fourth-order valence-corrected chi connectivity index (χ4v) is 1.74. The third-order valence-electron chi connectivity index (χ3n) is 2.70. The first-order chi connectivity index (χ1) is 8.59. The van der Waals surface area contributed by atoms with Crippen LogP contribution in [0, 0.1) is 0 Å². The van der Waals surface area contributed by atoms with Crippen molar-refractivity contribution in [1.82, 2.24) is 9.80 Å². The Morgan fingerprint density at radius 2 is 1.79 bits per heavy atom. The molecule has 0 fully saturated rings. The second-order valence-corrected chi connectivity index (χ2v) is 5.72. The number of hydrogen-bond acceptors (Lipinski definition) is 2. The number of carbonyl (C=O) groups excluding carboxylic acids is 1. The lowest BCUT2D eigenvalue weighted by Gasteiger charge is -2.39. The molecule has 0 aliphatic carbocycles. The zero-order valence-electron chi connectivity index (χ0n) is 12.7. The van der Waals surface area contributed by atoms with Crippen molar-refractivity contribution in [2.24, 2.45) is 0 Å². The van der Waals surface area contributed by atoms with Gasteiger partial charge in [0.05, 0.1) is 6.42 Å². The molecule has 0 aliphatic heterocycles. The molecule has 0 radical (unpaired) electrons. The first kappa shape index (κ1) is 17.5. The highest BCUT2D eigenvalue weighted by Gasteiger charge is 2.29. The summed E-state index contributed by atoms with van der Waals surface area (Å²) in [6.07, 6.45) is -0.0480. The average Bonchev–Trinajstić information content (AvgIpc) is 2.23. The highest BCUT2D eigenvalue weighted by atomic mass is 16.4. The quantitative estimate of drug-likeness (QED) is 0.755. The molecule has 19 heavy (non-hydrogen) atoms. The van der Waals surface area contributed by atoms with Crippen molar-refractivity contribution in [3.05, 3.63) is 12.2 Å². The summed E-state index contributed by atoms with van der Waals surface area (Å²) >= 11 is 0. The maximum absolute atomic E-state index is 12.5. The fourth-order valence-electron chi connectivity index (χ4n) is 1.74. The van der Waals surface area contributed by atoms with Crippen LogP contribution in [0.15, 0.2) is 12.2 Å². The van der Waals surface area contributed by atoms with Crippen molar-refractivity contribution in [3.8, 4) is 0 Å². The van der Waals surface area contributed by atoms with Gasteiger partial charge < -0.3 is 14.9 Å². The molecule has 0 heterocycles. The molecule has 0 atom stereocenters. The molecular weight excluding hydrogens is 244 g/mol. The highest BCUT2D eigenvalue weighted by Crippen LogP contribution is 2.17. The third kappa shape index (κ3) is 6.27. The molecule has 0 aromatic heterocycles. The number of hydrogen-bond donors (Lipinski definition) is 1. The van der Waals surface area contributed by atoms with Gasteiger partial charge in [0.2, 0.25) is 0 Å². The third-order valence-corrected chi connectivity index (χ3v) is 2.70. The van der Waals surface area contributed by atoms with Crippen LogP contribution in [0.4, 0.5) is 4.79 Å². The van der Waals surface area contributed by atoms with Crippen LogP contribution in [-0.2, 0) is 4.79 Å². The maximum atomic E-state index is 12.5. The SMILES string of the molecule is C=C(C)CN(CC)C(=O)N(CCC(=O)O)C(C)(C)C. The van der Waals surface area contributed by atoms with Crippen molar-refractivity contribution in [1.29, 1.82) is 0 Å². The van der Waals surface area contributed by atoms with E-state index in [-0.39, 0.29) is 19.0 Å². The highest BCUT2D eigenvalue weighted by molar-refractivity contribution is 5.76.